The van der Waals surface area contributed by atoms with Crippen LogP contribution in [0.1, 0.15) is 25.7 Å². The predicted molar refractivity (Wildman–Crippen MR) is 92.0 cm³/mol. The number of hydrogen-bond donors (Lipinski definition) is 0. The van der Waals surface area contributed by atoms with E-state index in [0.29, 0.717) is 30.6 Å². The molecule has 0 N–H and O–H groups in total. The van der Waals surface area contributed by atoms with Gasteiger partial charge in [-0.1, -0.05) is 12.1 Å². The summed E-state index contributed by atoms with van der Waals surface area (Å²) in [4.78, 5) is 15.5. The summed E-state index contributed by atoms with van der Waals surface area (Å²) >= 11 is 0. The molecule has 2 aliphatic heterocycles. The number of amides is 1. The Hall–Kier alpha value is -2.56. The van der Waals surface area contributed by atoms with E-state index < -0.39 is 18.4 Å². The zero-order valence-corrected chi connectivity index (χ0v) is 14.2. The lowest BCUT2D eigenvalue weighted by Crippen LogP contribution is -2.47. The maximum absolute atomic E-state index is 12.8. The Morgan fingerprint density at radius 3 is 2.50 bits per heavy atom. The minimum Gasteiger partial charge on any atom is -0.359 e. The van der Waals surface area contributed by atoms with E-state index in [-0.39, 0.29) is 25.4 Å². The molecule has 1 aromatic rings. The molecule has 1 aromatic carbocycles. The lowest BCUT2D eigenvalue weighted by Gasteiger charge is -2.38. The summed E-state index contributed by atoms with van der Waals surface area (Å²) in [5.74, 6) is 2.40. The van der Waals surface area contributed by atoms with Gasteiger partial charge in [-0.05, 0) is 12.1 Å². The van der Waals surface area contributed by atoms with Gasteiger partial charge in [0.25, 0.3) is 0 Å². The number of terminal acetylenes is 1. The number of carbonyl (C=O) groups excluding carboxylic acids is 1. The summed E-state index contributed by atoms with van der Waals surface area (Å²) in [5.41, 5.74) is 0.391. The van der Waals surface area contributed by atoms with E-state index in [2.05, 4.69) is 16.1 Å². The van der Waals surface area contributed by atoms with Gasteiger partial charge in [-0.25, -0.2) is 0 Å². The Balaban J connectivity index is 1.68. The largest absolute Gasteiger partial charge is 0.405 e. The summed E-state index contributed by atoms with van der Waals surface area (Å²) in [6.07, 6.45) is 2.82. The van der Waals surface area contributed by atoms with Crippen molar-refractivity contribution in [3.05, 3.63) is 24.3 Å². The number of alkyl halides is 3. The molecular weight excluding hydrogens is 345 g/mol. The Morgan fingerprint density at radius 2 is 1.88 bits per heavy atom. The van der Waals surface area contributed by atoms with E-state index >= 15 is 0 Å². The number of benzene rings is 1. The van der Waals surface area contributed by atoms with Crippen LogP contribution < -0.4 is 9.80 Å². The number of carbonyl (C=O) groups is 1. The number of nitrogens with zero attached hydrogens (tertiary/aromatic N) is 4. The van der Waals surface area contributed by atoms with Gasteiger partial charge in [0.15, 0.2) is 5.66 Å². The highest BCUT2D eigenvalue weighted by Gasteiger charge is 2.40. The van der Waals surface area contributed by atoms with E-state index in [4.69, 9.17) is 6.42 Å². The van der Waals surface area contributed by atoms with Crippen molar-refractivity contribution < 1.29 is 18.0 Å². The molecule has 0 unspecified atom stereocenters. The van der Waals surface area contributed by atoms with Crippen LogP contribution in [0, 0.1) is 12.3 Å². The molecule has 0 saturated heterocycles. The number of fused-ring (bicyclic) bond motifs is 1. The zero-order chi connectivity index (χ0) is 18.8. The molecule has 0 aliphatic carbocycles. The minimum absolute atomic E-state index is 0.138. The molecule has 0 saturated carbocycles. The minimum atomic E-state index is -4.29. The van der Waals surface area contributed by atoms with Crippen LogP contribution in [0.2, 0.25) is 0 Å². The van der Waals surface area contributed by atoms with Crippen molar-refractivity contribution in [2.24, 2.45) is 10.2 Å². The van der Waals surface area contributed by atoms with Gasteiger partial charge in [-0.15, -0.1) is 12.3 Å². The fourth-order valence-corrected chi connectivity index (χ4v) is 3.17. The third-order valence-corrected chi connectivity index (χ3v) is 4.57. The zero-order valence-electron chi connectivity index (χ0n) is 14.2. The maximum atomic E-state index is 12.8. The first-order valence-electron chi connectivity index (χ1n) is 8.42. The van der Waals surface area contributed by atoms with Crippen LogP contribution >= 0.6 is 0 Å². The van der Waals surface area contributed by atoms with Crippen molar-refractivity contribution in [2.75, 3.05) is 29.4 Å². The van der Waals surface area contributed by atoms with E-state index in [0.717, 1.165) is 0 Å². The Labute approximate surface area is 149 Å². The average molecular weight is 364 g/mol. The molecule has 138 valence electrons. The van der Waals surface area contributed by atoms with Crippen molar-refractivity contribution in [3.8, 4) is 12.3 Å². The van der Waals surface area contributed by atoms with E-state index in [1.807, 2.05) is 0 Å². The number of halogens is 3. The highest BCUT2D eigenvalue weighted by atomic mass is 19.4. The summed E-state index contributed by atoms with van der Waals surface area (Å²) in [6.45, 7) is -0.671. The molecule has 0 aromatic heterocycles. The highest BCUT2D eigenvalue weighted by Crippen LogP contribution is 2.39. The van der Waals surface area contributed by atoms with Crippen molar-refractivity contribution in [3.63, 3.8) is 0 Å². The lowest BCUT2D eigenvalue weighted by molar-refractivity contribution is -0.119. The van der Waals surface area contributed by atoms with Crippen LogP contribution in [0.25, 0.3) is 0 Å². The Kier molecular flexibility index (Phi) is 4.90. The van der Waals surface area contributed by atoms with Crippen LogP contribution in [0.5, 0.6) is 0 Å². The fraction of sp³-hybridized carbons (Fsp3) is 0.500. The van der Waals surface area contributed by atoms with Gasteiger partial charge < -0.3 is 9.80 Å². The van der Waals surface area contributed by atoms with E-state index in [9.17, 15) is 18.0 Å². The molecule has 0 fully saturated rings. The number of para-hydroxylation sites is 2. The monoisotopic (exact) mass is 364 g/mol. The summed E-state index contributed by atoms with van der Waals surface area (Å²) < 4.78 is 38.4. The van der Waals surface area contributed by atoms with Crippen molar-refractivity contribution in [1.82, 2.24) is 0 Å². The van der Waals surface area contributed by atoms with Crippen LogP contribution in [-0.2, 0) is 4.79 Å². The highest BCUT2D eigenvalue weighted by molar-refractivity contribution is 5.97. The van der Waals surface area contributed by atoms with Crippen LogP contribution in [-0.4, -0.2) is 37.4 Å². The molecule has 2 heterocycles. The van der Waals surface area contributed by atoms with Gasteiger partial charge in [0.1, 0.15) is 6.54 Å². The molecule has 1 amide bonds. The summed E-state index contributed by atoms with van der Waals surface area (Å²) in [7, 11) is 0. The third kappa shape index (κ3) is 4.15. The molecule has 0 radical (unpaired) electrons. The molecular formula is C18H19F3N4O. The van der Waals surface area contributed by atoms with Crippen molar-refractivity contribution in [1.29, 1.82) is 0 Å². The number of rotatable bonds is 6. The van der Waals surface area contributed by atoms with Gasteiger partial charge in [-0.3, -0.25) is 4.79 Å². The van der Waals surface area contributed by atoms with Crippen molar-refractivity contribution in [2.45, 2.75) is 37.5 Å². The van der Waals surface area contributed by atoms with Crippen LogP contribution in [0.3, 0.4) is 0 Å². The van der Waals surface area contributed by atoms with Gasteiger partial charge in [0, 0.05) is 38.8 Å². The second-order valence-corrected chi connectivity index (χ2v) is 6.46. The first-order chi connectivity index (χ1) is 12.3. The van der Waals surface area contributed by atoms with E-state index in [1.54, 1.807) is 29.2 Å². The van der Waals surface area contributed by atoms with Crippen molar-refractivity contribution >= 4 is 17.3 Å². The number of hydrogen-bond acceptors (Lipinski definition) is 4. The van der Waals surface area contributed by atoms with Crippen LogP contribution in [0.15, 0.2) is 34.5 Å². The lowest BCUT2D eigenvalue weighted by atomic mass is 10.0. The second kappa shape index (κ2) is 6.98. The van der Waals surface area contributed by atoms with E-state index in [1.165, 1.54) is 4.90 Å². The quantitative estimate of drug-likeness (QED) is 0.722. The molecule has 26 heavy (non-hydrogen) atoms. The molecule has 5 nitrogen and oxygen atoms in total. The second-order valence-electron chi connectivity index (χ2n) is 6.46. The molecule has 8 heteroatoms. The summed E-state index contributed by atoms with van der Waals surface area (Å²) in [6, 6.07) is 6.68. The molecule has 0 bridgehead atoms. The third-order valence-electron chi connectivity index (χ3n) is 4.57. The Bertz CT molecular complexity index is 748. The Morgan fingerprint density at radius 1 is 1.19 bits per heavy atom. The number of anilines is 2. The van der Waals surface area contributed by atoms with Gasteiger partial charge in [-0.2, -0.15) is 23.4 Å². The molecule has 3 rings (SSSR count). The predicted octanol–water partition coefficient (Wildman–Crippen LogP) is 3.76. The normalized spacial score (nSPS) is 17.6. The summed E-state index contributed by atoms with van der Waals surface area (Å²) in [5, 5.41) is 8.02. The topological polar surface area (TPSA) is 48.3 Å². The first kappa shape index (κ1) is 18.2. The smallest absolute Gasteiger partial charge is 0.359 e. The van der Waals surface area contributed by atoms with Gasteiger partial charge in [0.2, 0.25) is 5.91 Å². The SMILES string of the molecule is C#CCCC1(CCC(=O)N2CCN(CC(F)(F)F)c3ccccc32)N=N1. The average Bonchev–Trinajstić information content (AvgIpc) is 3.37. The van der Waals surface area contributed by atoms with Gasteiger partial charge in [0.05, 0.1) is 11.4 Å². The molecule has 0 spiro atoms. The molecule has 0 atom stereocenters. The standard InChI is InChI=1S/C18H19F3N4O/c1-2-3-9-17(22-23-17)10-8-16(26)25-12-11-24(13-18(19,20)21)14-6-4-5-7-15(14)25/h1,4-7H,3,8-13H2. The molecule has 2 aliphatic rings. The maximum Gasteiger partial charge on any atom is 0.405 e. The van der Waals surface area contributed by atoms with Crippen LogP contribution in [0.4, 0.5) is 24.5 Å². The van der Waals surface area contributed by atoms with Gasteiger partial charge >= 0.3 is 6.18 Å². The fourth-order valence-electron chi connectivity index (χ4n) is 3.17. The first-order valence-corrected chi connectivity index (χ1v) is 8.42.